The summed E-state index contributed by atoms with van der Waals surface area (Å²) >= 11 is 0. The van der Waals surface area contributed by atoms with E-state index in [4.69, 9.17) is 0 Å². The molecule has 0 spiro atoms. The number of amides is 1. The average Bonchev–Trinajstić information content (AvgIpc) is 3.08. The van der Waals surface area contributed by atoms with Gasteiger partial charge in [0.05, 0.1) is 11.4 Å². The van der Waals surface area contributed by atoms with E-state index in [2.05, 4.69) is 15.4 Å². The number of rotatable bonds is 5. The highest BCUT2D eigenvalue weighted by atomic mass is 19.1. The molecule has 0 bridgehead atoms. The molecule has 0 fully saturated rings. The molecule has 0 aliphatic carbocycles. The van der Waals surface area contributed by atoms with Crippen LogP contribution in [0.3, 0.4) is 0 Å². The third kappa shape index (κ3) is 3.74. The number of nitrogens with one attached hydrogen (secondary N) is 1. The number of halogens is 1. The maximum Gasteiger partial charge on any atom is 0.272 e. The molecule has 1 aromatic carbocycles. The number of hydrogen-bond donors (Lipinski definition) is 1. The van der Waals surface area contributed by atoms with Gasteiger partial charge in [-0.2, -0.15) is 5.10 Å². The smallest absolute Gasteiger partial charge is 0.272 e. The number of hydrogen-bond acceptors (Lipinski definition) is 3. The summed E-state index contributed by atoms with van der Waals surface area (Å²) in [5.74, 6) is -0.554. The largest absolute Gasteiger partial charge is 0.348 e. The van der Waals surface area contributed by atoms with Crippen molar-refractivity contribution in [3.63, 3.8) is 0 Å². The summed E-state index contributed by atoms with van der Waals surface area (Å²) in [5.41, 5.74) is 2.60. The second kappa shape index (κ2) is 7.25. The highest BCUT2D eigenvalue weighted by Crippen LogP contribution is 2.24. The van der Waals surface area contributed by atoms with Gasteiger partial charge in [0.15, 0.2) is 5.69 Å². The molecular formula is C19H19FN4O. The van der Waals surface area contributed by atoms with E-state index in [-0.39, 0.29) is 17.8 Å². The second-order valence-corrected chi connectivity index (χ2v) is 5.82. The van der Waals surface area contributed by atoms with E-state index in [9.17, 15) is 9.18 Å². The molecule has 25 heavy (non-hydrogen) atoms. The van der Waals surface area contributed by atoms with Crippen molar-refractivity contribution in [2.75, 3.05) is 0 Å². The van der Waals surface area contributed by atoms with Crippen LogP contribution in [0, 0.1) is 5.82 Å². The molecule has 2 heterocycles. The number of benzene rings is 1. The van der Waals surface area contributed by atoms with Gasteiger partial charge in [0.2, 0.25) is 0 Å². The van der Waals surface area contributed by atoms with E-state index in [0.29, 0.717) is 11.4 Å². The molecule has 3 rings (SSSR count). The van der Waals surface area contributed by atoms with Gasteiger partial charge in [-0.15, -0.1) is 0 Å². The summed E-state index contributed by atoms with van der Waals surface area (Å²) in [6.45, 7) is 3.95. The molecule has 1 amide bonds. The molecule has 1 atom stereocenters. The normalized spacial score (nSPS) is 12.0. The summed E-state index contributed by atoms with van der Waals surface area (Å²) in [7, 11) is 0. The van der Waals surface area contributed by atoms with E-state index in [1.54, 1.807) is 35.3 Å². The van der Waals surface area contributed by atoms with Crippen LogP contribution >= 0.6 is 0 Å². The van der Waals surface area contributed by atoms with Crippen molar-refractivity contribution < 1.29 is 9.18 Å². The van der Waals surface area contributed by atoms with E-state index in [1.807, 2.05) is 26.0 Å². The fraction of sp³-hybridized carbons (Fsp3) is 0.211. The number of carbonyl (C=O) groups excluding carboxylic acids is 1. The SMILES string of the molecule is CC[C@H](C)NC(=O)c1cc(-c2ccncc2)n(-c2ccc(F)cc2)n1. The summed E-state index contributed by atoms with van der Waals surface area (Å²) < 4.78 is 14.9. The Balaban J connectivity index is 2.06. The highest BCUT2D eigenvalue weighted by molar-refractivity contribution is 5.93. The number of aromatic nitrogens is 3. The Bertz CT molecular complexity index is 859. The second-order valence-electron chi connectivity index (χ2n) is 5.82. The van der Waals surface area contributed by atoms with Gasteiger partial charge in [-0.25, -0.2) is 9.07 Å². The monoisotopic (exact) mass is 338 g/mol. The van der Waals surface area contributed by atoms with Crippen molar-refractivity contribution in [3.8, 4) is 16.9 Å². The lowest BCUT2D eigenvalue weighted by Gasteiger charge is -2.09. The molecule has 5 nitrogen and oxygen atoms in total. The van der Waals surface area contributed by atoms with E-state index >= 15 is 0 Å². The Morgan fingerprint density at radius 2 is 1.88 bits per heavy atom. The van der Waals surface area contributed by atoms with Crippen LogP contribution < -0.4 is 5.32 Å². The van der Waals surface area contributed by atoms with Crippen molar-refractivity contribution >= 4 is 5.91 Å². The standard InChI is InChI=1S/C19H19FN4O/c1-3-13(2)22-19(25)17-12-18(14-8-10-21-11-9-14)24(23-17)16-6-4-15(20)5-7-16/h4-13H,3H2,1-2H3,(H,22,25)/t13-/m0/s1. The number of nitrogens with zero attached hydrogens (tertiary/aromatic N) is 3. The minimum Gasteiger partial charge on any atom is -0.348 e. The molecule has 0 unspecified atom stereocenters. The van der Waals surface area contributed by atoms with Crippen LogP contribution in [-0.2, 0) is 0 Å². The Hall–Kier alpha value is -3.02. The van der Waals surface area contributed by atoms with Gasteiger partial charge < -0.3 is 5.32 Å². The molecule has 0 saturated carbocycles. The summed E-state index contributed by atoms with van der Waals surface area (Å²) in [4.78, 5) is 16.5. The molecule has 128 valence electrons. The summed E-state index contributed by atoms with van der Waals surface area (Å²) in [6, 6.07) is 11.5. The van der Waals surface area contributed by atoms with Crippen LogP contribution in [0.15, 0.2) is 54.9 Å². The van der Waals surface area contributed by atoms with Crippen molar-refractivity contribution in [2.45, 2.75) is 26.3 Å². The van der Waals surface area contributed by atoms with Gasteiger partial charge in [0, 0.05) is 24.0 Å². The third-order valence-corrected chi connectivity index (χ3v) is 3.98. The van der Waals surface area contributed by atoms with E-state index in [1.165, 1.54) is 12.1 Å². The molecule has 3 aromatic rings. The van der Waals surface area contributed by atoms with Gasteiger partial charge in [-0.3, -0.25) is 9.78 Å². The van der Waals surface area contributed by atoms with E-state index in [0.717, 1.165) is 17.7 Å². The van der Waals surface area contributed by atoms with Crippen molar-refractivity contribution in [1.82, 2.24) is 20.1 Å². The minimum atomic E-state index is -0.323. The third-order valence-electron chi connectivity index (χ3n) is 3.98. The fourth-order valence-electron chi connectivity index (χ4n) is 2.40. The van der Waals surface area contributed by atoms with Crippen molar-refractivity contribution in [1.29, 1.82) is 0 Å². The minimum absolute atomic E-state index is 0.0628. The Labute approximate surface area is 145 Å². The van der Waals surface area contributed by atoms with Gasteiger partial charge >= 0.3 is 0 Å². The van der Waals surface area contributed by atoms with Crippen LogP contribution in [-0.4, -0.2) is 26.7 Å². The van der Waals surface area contributed by atoms with Gasteiger partial charge in [-0.1, -0.05) is 6.92 Å². The topological polar surface area (TPSA) is 59.8 Å². The molecule has 0 saturated heterocycles. The molecular weight excluding hydrogens is 319 g/mol. The summed E-state index contributed by atoms with van der Waals surface area (Å²) in [6.07, 6.45) is 4.19. The van der Waals surface area contributed by atoms with Gasteiger partial charge in [0.1, 0.15) is 5.82 Å². The molecule has 6 heteroatoms. The zero-order chi connectivity index (χ0) is 17.8. The predicted molar refractivity (Wildman–Crippen MR) is 94.0 cm³/mol. The fourth-order valence-corrected chi connectivity index (χ4v) is 2.40. The lowest BCUT2D eigenvalue weighted by atomic mass is 10.1. The van der Waals surface area contributed by atoms with Crippen molar-refractivity contribution in [2.24, 2.45) is 0 Å². The molecule has 0 radical (unpaired) electrons. The molecule has 0 aliphatic rings. The number of carbonyl (C=O) groups is 1. The molecule has 2 aromatic heterocycles. The van der Waals surface area contributed by atoms with Crippen LogP contribution in [0.4, 0.5) is 4.39 Å². The van der Waals surface area contributed by atoms with Gasteiger partial charge in [0.25, 0.3) is 5.91 Å². The first-order valence-electron chi connectivity index (χ1n) is 8.15. The van der Waals surface area contributed by atoms with Gasteiger partial charge in [-0.05, 0) is 55.8 Å². The van der Waals surface area contributed by atoms with Crippen LogP contribution in [0.2, 0.25) is 0 Å². The Morgan fingerprint density at radius 1 is 1.20 bits per heavy atom. The zero-order valence-electron chi connectivity index (χ0n) is 14.1. The first kappa shape index (κ1) is 16.8. The Morgan fingerprint density at radius 3 is 2.52 bits per heavy atom. The zero-order valence-corrected chi connectivity index (χ0v) is 14.1. The van der Waals surface area contributed by atoms with Crippen LogP contribution in [0.5, 0.6) is 0 Å². The average molecular weight is 338 g/mol. The lowest BCUT2D eigenvalue weighted by molar-refractivity contribution is 0.0934. The van der Waals surface area contributed by atoms with Crippen LogP contribution in [0.25, 0.3) is 16.9 Å². The first-order valence-corrected chi connectivity index (χ1v) is 8.15. The maximum absolute atomic E-state index is 13.2. The number of pyridine rings is 1. The molecule has 0 aliphatic heterocycles. The first-order chi connectivity index (χ1) is 12.1. The lowest BCUT2D eigenvalue weighted by Crippen LogP contribution is -2.32. The Kier molecular flexibility index (Phi) is 4.88. The predicted octanol–water partition coefficient (Wildman–Crippen LogP) is 3.60. The highest BCUT2D eigenvalue weighted by Gasteiger charge is 2.17. The molecule has 1 N–H and O–H groups in total. The van der Waals surface area contributed by atoms with E-state index < -0.39 is 0 Å². The maximum atomic E-state index is 13.2. The summed E-state index contributed by atoms with van der Waals surface area (Å²) in [5, 5.41) is 7.35. The van der Waals surface area contributed by atoms with Crippen molar-refractivity contribution in [3.05, 3.63) is 66.4 Å². The van der Waals surface area contributed by atoms with Crippen LogP contribution in [0.1, 0.15) is 30.8 Å². The quantitative estimate of drug-likeness (QED) is 0.773.